The summed E-state index contributed by atoms with van der Waals surface area (Å²) in [6, 6.07) is 4.86. The van der Waals surface area contributed by atoms with Crippen LogP contribution < -0.4 is 15.8 Å². The predicted octanol–water partition coefficient (Wildman–Crippen LogP) is 1.56. The standard InChI is InChI=1S/C12H14N4O2/c1-7-6-14-16-11(7)15-12(17)8-3-4-9(13)10(5-8)18-2/h3-6H,13H2,1-2H3,(H2,14,15,16,17). The first-order valence-electron chi connectivity index (χ1n) is 5.36. The fourth-order valence-electron chi connectivity index (χ4n) is 1.51. The maximum atomic E-state index is 12.0. The van der Waals surface area contributed by atoms with Gasteiger partial charge >= 0.3 is 0 Å². The zero-order valence-electron chi connectivity index (χ0n) is 10.2. The van der Waals surface area contributed by atoms with Crippen LogP contribution in [-0.4, -0.2) is 23.2 Å². The topological polar surface area (TPSA) is 93.0 Å². The van der Waals surface area contributed by atoms with E-state index in [1.165, 1.54) is 7.11 Å². The molecule has 0 radical (unpaired) electrons. The van der Waals surface area contributed by atoms with Crippen molar-refractivity contribution in [3.05, 3.63) is 35.5 Å². The van der Waals surface area contributed by atoms with Crippen molar-refractivity contribution in [2.24, 2.45) is 0 Å². The second kappa shape index (κ2) is 4.79. The van der Waals surface area contributed by atoms with Crippen LogP contribution in [-0.2, 0) is 0 Å². The van der Waals surface area contributed by atoms with Gasteiger partial charge in [0.05, 0.1) is 19.0 Å². The zero-order chi connectivity index (χ0) is 13.1. The Morgan fingerprint density at radius 3 is 2.89 bits per heavy atom. The van der Waals surface area contributed by atoms with Gasteiger partial charge in [0.25, 0.3) is 5.91 Å². The monoisotopic (exact) mass is 246 g/mol. The number of hydrogen-bond acceptors (Lipinski definition) is 4. The van der Waals surface area contributed by atoms with Crippen molar-refractivity contribution >= 4 is 17.4 Å². The molecule has 6 nitrogen and oxygen atoms in total. The molecule has 1 amide bonds. The number of hydrogen-bond donors (Lipinski definition) is 3. The number of nitrogens with zero attached hydrogens (tertiary/aromatic N) is 1. The van der Waals surface area contributed by atoms with Crippen molar-refractivity contribution in [3.63, 3.8) is 0 Å². The lowest BCUT2D eigenvalue weighted by atomic mass is 10.1. The Kier molecular flexibility index (Phi) is 3.18. The SMILES string of the molecule is COc1cc(C(=O)Nc2[nH]ncc2C)ccc1N. The molecule has 0 aliphatic carbocycles. The minimum absolute atomic E-state index is 0.249. The van der Waals surface area contributed by atoms with Crippen LogP contribution in [0.1, 0.15) is 15.9 Å². The molecule has 18 heavy (non-hydrogen) atoms. The van der Waals surface area contributed by atoms with E-state index < -0.39 is 0 Å². The van der Waals surface area contributed by atoms with Crippen LogP contribution in [0.15, 0.2) is 24.4 Å². The van der Waals surface area contributed by atoms with Crippen molar-refractivity contribution in [1.29, 1.82) is 0 Å². The summed E-state index contributed by atoms with van der Waals surface area (Å²) < 4.78 is 5.07. The molecule has 2 aromatic rings. The third-order valence-electron chi connectivity index (χ3n) is 2.56. The van der Waals surface area contributed by atoms with Crippen LogP contribution in [0.25, 0.3) is 0 Å². The quantitative estimate of drug-likeness (QED) is 0.716. The van der Waals surface area contributed by atoms with E-state index in [2.05, 4.69) is 15.5 Å². The van der Waals surface area contributed by atoms with Gasteiger partial charge in [0.15, 0.2) is 0 Å². The van der Waals surface area contributed by atoms with E-state index in [9.17, 15) is 4.79 Å². The molecule has 0 aliphatic rings. The van der Waals surface area contributed by atoms with Crippen LogP contribution in [0, 0.1) is 6.92 Å². The van der Waals surface area contributed by atoms with Crippen molar-refractivity contribution in [3.8, 4) is 5.75 Å². The van der Waals surface area contributed by atoms with Gasteiger partial charge in [-0.2, -0.15) is 5.10 Å². The number of anilines is 2. The second-order valence-corrected chi connectivity index (χ2v) is 3.84. The summed E-state index contributed by atoms with van der Waals surface area (Å²) in [6.07, 6.45) is 1.64. The maximum Gasteiger partial charge on any atom is 0.256 e. The van der Waals surface area contributed by atoms with Crippen molar-refractivity contribution in [2.45, 2.75) is 6.92 Å². The Labute approximate surface area is 104 Å². The number of ether oxygens (including phenoxy) is 1. The van der Waals surface area contributed by atoms with Crippen molar-refractivity contribution in [2.75, 3.05) is 18.2 Å². The van der Waals surface area contributed by atoms with Gasteiger partial charge < -0.3 is 15.8 Å². The summed E-state index contributed by atoms with van der Waals surface area (Å²) >= 11 is 0. The molecule has 0 saturated carbocycles. The number of aryl methyl sites for hydroxylation is 1. The number of H-pyrrole nitrogens is 1. The normalized spacial score (nSPS) is 10.1. The van der Waals surface area contributed by atoms with E-state index in [-0.39, 0.29) is 5.91 Å². The molecule has 6 heteroatoms. The summed E-state index contributed by atoms with van der Waals surface area (Å²) in [7, 11) is 1.51. The van der Waals surface area contributed by atoms with E-state index >= 15 is 0 Å². The first-order valence-corrected chi connectivity index (χ1v) is 5.36. The van der Waals surface area contributed by atoms with Gasteiger partial charge in [0.1, 0.15) is 11.6 Å². The first kappa shape index (κ1) is 12.0. The van der Waals surface area contributed by atoms with Crippen LogP contribution in [0.4, 0.5) is 11.5 Å². The van der Waals surface area contributed by atoms with Crippen LogP contribution >= 0.6 is 0 Å². The largest absolute Gasteiger partial charge is 0.495 e. The van der Waals surface area contributed by atoms with Gasteiger partial charge in [0, 0.05) is 11.1 Å². The van der Waals surface area contributed by atoms with E-state index in [1.807, 2.05) is 6.92 Å². The minimum Gasteiger partial charge on any atom is -0.495 e. The third kappa shape index (κ3) is 2.27. The van der Waals surface area contributed by atoms with Gasteiger partial charge in [-0.1, -0.05) is 0 Å². The molecule has 0 aliphatic heterocycles. The first-order chi connectivity index (χ1) is 8.61. The average molecular weight is 246 g/mol. The summed E-state index contributed by atoms with van der Waals surface area (Å²) in [5, 5.41) is 9.26. The molecular weight excluding hydrogens is 232 g/mol. The number of benzene rings is 1. The number of nitrogen functional groups attached to an aromatic ring is 1. The van der Waals surface area contributed by atoms with Gasteiger partial charge in [-0.15, -0.1) is 0 Å². The number of aromatic nitrogens is 2. The number of aromatic amines is 1. The second-order valence-electron chi connectivity index (χ2n) is 3.84. The predicted molar refractivity (Wildman–Crippen MR) is 68.7 cm³/mol. The molecule has 0 bridgehead atoms. The number of methoxy groups -OCH3 is 1. The van der Waals surface area contributed by atoms with Crippen molar-refractivity contribution in [1.82, 2.24) is 10.2 Å². The Hall–Kier alpha value is -2.50. The van der Waals surface area contributed by atoms with E-state index in [1.54, 1.807) is 24.4 Å². The minimum atomic E-state index is -0.249. The van der Waals surface area contributed by atoms with Crippen LogP contribution in [0.3, 0.4) is 0 Å². The van der Waals surface area contributed by atoms with Crippen LogP contribution in [0.5, 0.6) is 5.75 Å². The Morgan fingerprint density at radius 1 is 1.50 bits per heavy atom. The lowest BCUT2D eigenvalue weighted by molar-refractivity contribution is 0.102. The highest BCUT2D eigenvalue weighted by Gasteiger charge is 2.11. The lowest BCUT2D eigenvalue weighted by Crippen LogP contribution is -2.13. The van der Waals surface area contributed by atoms with Gasteiger partial charge in [0.2, 0.25) is 0 Å². The van der Waals surface area contributed by atoms with E-state index in [0.29, 0.717) is 22.8 Å². The fraction of sp³-hybridized carbons (Fsp3) is 0.167. The van der Waals surface area contributed by atoms with Crippen molar-refractivity contribution < 1.29 is 9.53 Å². The third-order valence-corrected chi connectivity index (χ3v) is 2.56. The molecule has 0 atom stereocenters. The molecule has 1 aromatic carbocycles. The molecule has 94 valence electrons. The average Bonchev–Trinajstić information content (AvgIpc) is 2.75. The number of nitrogens with two attached hydrogens (primary N) is 1. The highest BCUT2D eigenvalue weighted by molar-refractivity contribution is 6.04. The molecule has 4 N–H and O–H groups in total. The summed E-state index contributed by atoms with van der Waals surface area (Å²) in [5.74, 6) is 0.806. The molecular formula is C12H14N4O2. The molecule has 0 spiro atoms. The number of carbonyl (C=O) groups excluding carboxylic acids is 1. The van der Waals surface area contributed by atoms with Gasteiger partial charge in [-0.25, -0.2) is 0 Å². The molecule has 2 rings (SSSR count). The van der Waals surface area contributed by atoms with E-state index in [4.69, 9.17) is 10.5 Å². The Bertz CT molecular complexity index is 577. The Balaban J connectivity index is 2.21. The smallest absolute Gasteiger partial charge is 0.256 e. The zero-order valence-corrected chi connectivity index (χ0v) is 10.2. The molecule has 0 unspecified atom stereocenters. The molecule has 0 fully saturated rings. The number of nitrogens with one attached hydrogen (secondary N) is 2. The fourth-order valence-corrected chi connectivity index (χ4v) is 1.51. The highest BCUT2D eigenvalue weighted by Crippen LogP contribution is 2.22. The lowest BCUT2D eigenvalue weighted by Gasteiger charge is -2.07. The number of amides is 1. The Morgan fingerprint density at radius 2 is 2.28 bits per heavy atom. The number of rotatable bonds is 3. The molecule has 1 aromatic heterocycles. The molecule has 0 saturated heterocycles. The summed E-state index contributed by atoms with van der Waals surface area (Å²) in [5.41, 5.74) is 7.51. The van der Waals surface area contributed by atoms with E-state index in [0.717, 1.165) is 5.56 Å². The summed E-state index contributed by atoms with van der Waals surface area (Å²) in [6.45, 7) is 1.85. The van der Waals surface area contributed by atoms with Crippen LogP contribution in [0.2, 0.25) is 0 Å². The number of carbonyl (C=O) groups is 1. The van der Waals surface area contributed by atoms with Gasteiger partial charge in [-0.3, -0.25) is 9.89 Å². The summed E-state index contributed by atoms with van der Waals surface area (Å²) in [4.78, 5) is 12.0. The highest BCUT2D eigenvalue weighted by atomic mass is 16.5. The molecule has 1 heterocycles. The maximum absolute atomic E-state index is 12.0. The van der Waals surface area contributed by atoms with Gasteiger partial charge in [-0.05, 0) is 25.1 Å².